The highest BCUT2D eigenvalue weighted by Gasteiger charge is 2.25. The number of nitrogens with one attached hydrogen (secondary N) is 2. The number of rotatable bonds is 4. The zero-order valence-electron chi connectivity index (χ0n) is 18.4. The number of H-pyrrole nitrogens is 1. The Kier molecular flexibility index (Phi) is 5.16. The number of anilines is 1. The van der Waals surface area contributed by atoms with Crippen molar-refractivity contribution in [3.05, 3.63) is 45.1 Å². The minimum atomic E-state index is -0.396. The fraction of sp³-hybridized carbons (Fsp3) is 0.476. The molecule has 0 aliphatic heterocycles. The molecular formula is C21H27N7O3. The van der Waals surface area contributed by atoms with Gasteiger partial charge < -0.3 is 10.1 Å². The lowest BCUT2D eigenvalue weighted by atomic mass is 9.92. The summed E-state index contributed by atoms with van der Waals surface area (Å²) in [5, 5.41) is 11.7. The molecule has 0 unspecified atom stereocenters. The molecule has 3 heterocycles. The molecule has 0 fully saturated rings. The summed E-state index contributed by atoms with van der Waals surface area (Å²) in [4.78, 5) is 33.1. The number of methoxy groups -OCH3 is 1. The Balaban J connectivity index is 1.78. The van der Waals surface area contributed by atoms with Gasteiger partial charge in [0.15, 0.2) is 0 Å². The van der Waals surface area contributed by atoms with Crippen molar-refractivity contribution in [2.75, 3.05) is 12.4 Å². The number of amides is 1. The summed E-state index contributed by atoms with van der Waals surface area (Å²) < 4.78 is 8.19. The third kappa shape index (κ3) is 3.97. The first-order valence-electron chi connectivity index (χ1n) is 10.3. The first kappa shape index (κ1) is 20.8. The van der Waals surface area contributed by atoms with Crippen LogP contribution in [-0.4, -0.2) is 42.5 Å². The van der Waals surface area contributed by atoms with Crippen LogP contribution >= 0.6 is 0 Å². The Labute approximate surface area is 179 Å². The Morgan fingerprint density at radius 3 is 2.68 bits per heavy atom. The van der Waals surface area contributed by atoms with Crippen LogP contribution in [0.3, 0.4) is 0 Å². The van der Waals surface area contributed by atoms with Crippen LogP contribution in [0.2, 0.25) is 0 Å². The van der Waals surface area contributed by atoms with E-state index in [9.17, 15) is 9.59 Å². The van der Waals surface area contributed by atoms with Crippen LogP contribution in [0.1, 0.15) is 60.9 Å². The van der Waals surface area contributed by atoms with Gasteiger partial charge in [-0.1, -0.05) is 20.8 Å². The van der Waals surface area contributed by atoms with Gasteiger partial charge in [0, 0.05) is 30.3 Å². The Morgan fingerprint density at radius 2 is 1.97 bits per heavy atom. The predicted octanol–water partition coefficient (Wildman–Crippen LogP) is 2.13. The number of aromatic nitrogens is 6. The number of ether oxygens (including phenoxy) is 1. The van der Waals surface area contributed by atoms with E-state index in [-0.39, 0.29) is 22.8 Å². The van der Waals surface area contributed by atoms with Crippen LogP contribution in [0.15, 0.2) is 17.1 Å². The Hall–Kier alpha value is -3.43. The quantitative estimate of drug-likeness (QED) is 0.661. The summed E-state index contributed by atoms with van der Waals surface area (Å²) in [5.41, 5.74) is 2.15. The molecule has 0 radical (unpaired) electrons. The molecule has 4 rings (SSSR count). The van der Waals surface area contributed by atoms with E-state index in [1.807, 2.05) is 20.8 Å². The summed E-state index contributed by atoms with van der Waals surface area (Å²) in [6.45, 7) is 6.08. The van der Waals surface area contributed by atoms with Crippen LogP contribution in [0.25, 0.3) is 5.95 Å². The Morgan fingerprint density at radius 1 is 1.23 bits per heavy atom. The number of aryl methyl sites for hydroxylation is 2. The molecule has 3 aromatic heterocycles. The summed E-state index contributed by atoms with van der Waals surface area (Å²) >= 11 is 0. The van der Waals surface area contributed by atoms with Gasteiger partial charge in [-0.05, 0) is 25.7 Å². The zero-order valence-corrected chi connectivity index (χ0v) is 18.4. The molecule has 0 bridgehead atoms. The third-order valence-electron chi connectivity index (χ3n) is 5.33. The number of carbonyl (C=O) groups is 1. The first-order chi connectivity index (χ1) is 14.7. The molecule has 3 aromatic rings. The van der Waals surface area contributed by atoms with E-state index in [1.54, 1.807) is 19.3 Å². The van der Waals surface area contributed by atoms with Gasteiger partial charge in [0.1, 0.15) is 11.4 Å². The third-order valence-corrected chi connectivity index (χ3v) is 5.33. The molecule has 10 nitrogen and oxygen atoms in total. The minimum absolute atomic E-state index is 0.154. The molecule has 31 heavy (non-hydrogen) atoms. The van der Waals surface area contributed by atoms with Gasteiger partial charge in [0.2, 0.25) is 11.8 Å². The van der Waals surface area contributed by atoms with Crippen LogP contribution in [-0.2, 0) is 25.3 Å². The molecule has 1 aliphatic carbocycles. The average Bonchev–Trinajstić information content (AvgIpc) is 3.31. The SMILES string of the molecule is COc1nn(C)cc1C(=O)Nc1cc(C(C)(C)C)nn1-c1nc2c(c(=O)[nH]1)CCCC2. The van der Waals surface area contributed by atoms with Gasteiger partial charge in [-0.15, -0.1) is 5.10 Å². The van der Waals surface area contributed by atoms with E-state index in [1.165, 1.54) is 16.5 Å². The zero-order chi connectivity index (χ0) is 22.3. The summed E-state index contributed by atoms with van der Waals surface area (Å²) in [6, 6.07) is 1.79. The summed E-state index contributed by atoms with van der Waals surface area (Å²) in [6.07, 6.45) is 5.06. The van der Waals surface area contributed by atoms with E-state index in [0.29, 0.717) is 11.4 Å². The van der Waals surface area contributed by atoms with Crippen LogP contribution in [0, 0.1) is 0 Å². The first-order valence-corrected chi connectivity index (χ1v) is 10.3. The molecule has 0 saturated heterocycles. The second kappa shape index (κ2) is 7.68. The highest BCUT2D eigenvalue weighted by atomic mass is 16.5. The molecule has 164 valence electrons. The molecule has 10 heteroatoms. The van der Waals surface area contributed by atoms with Crippen molar-refractivity contribution in [2.45, 2.75) is 51.9 Å². The standard InChI is InChI=1S/C21H27N7O3/c1-21(2,3)15-10-16(23-18(30)13-11-27(4)26-19(13)31-5)28(25-15)20-22-14-9-7-6-8-12(14)17(29)24-20/h10-11H,6-9H2,1-5H3,(H,23,30)(H,22,24,29). The normalized spacial score (nSPS) is 13.7. The molecule has 0 saturated carbocycles. The fourth-order valence-electron chi connectivity index (χ4n) is 3.65. The summed E-state index contributed by atoms with van der Waals surface area (Å²) in [7, 11) is 3.17. The maximum absolute atomic E-state index is 13.0. The van der Waals surface area contributed by atoms with Gasteiger partial charge >= 0.3 is 0 Å². The van der Waals surface area contributed by atoms with E-state index < -0.39 is 5.91 Å². The maximum atomic E-state index is 13.0. The van der Waals surface area contributed by atoms with Gasteiger partial charge in [-0.2, -0.15) is 9.78 Å². The van der Waals surface area contributed by atoms with Crippen molar-refractivity contribution in [1.29, 1.82) is 0 Å². The van der Waals surface area contributed by atoms with Crippen molar-refractivity contribution < 1.29 is 9.53 Å². The number of hydrogen-bond acceptors (Lipinski definition) is 6. The van der Waals surface area contributed by atoms with Gasteiger partial charge in [-0.3, -0.25) is 19.3 Å². The molecule has 1 aliphatic rings. The highest BCUT2D eigenvalue weighted by Crippen LogP contribution is 2.27. The molecule has 0 spiro atoms. The number of carbonyl (C=O) groups excluding carboxylic acids is 1. The van der Waals surface area contributed by atoms with Crippen molar-refractivity contribution in [2.24, 2.45) is 7.05 Å². The van der Waals surface area contributed by atoms with Crippen molar-refractivity contribution in [3.8, 4) is 11.8 Å². The topological polar surface area (TPSA) is 120 Å². The van der Waals surface area contributed by atoms with Crippen molar-refractivity contribution >= 4 is 11.7 Å². The van der Waals surface area contributed by atoms with E-state index in [0.717, 1.165) is 42.6 Å². The smallest absolute Gasteiger partial charge is 0.263 e. The van der Waals surface area contributed by atoms with E-state index in [2.05, 4.69) is 25.5 Å². The molecular weight excluding hydrogens is 398 g/mol. The largest absolute Gasteiger partial charge is 0.479 e. The Bertz CT molecular complexity index is 1200. The monoisotopic (exact) mass is 425 g/mol. The highest BCUT2D eigenvalue weighted by molar-refractivity contribution is 6.05. The molecule has 2 N–H and O–H groups in total. The number of hydrogen-bond donors (Lipinski definition) is 2. The maximum Gasteiger partial charge on any atom is 0.263 e. The van der Waals surface area contributed by atoms with Gasteiger partial charge in [-0.25, -0.2) is 4.98 Å². The average molecular weight is 425 g/mol. The lowest BCUT2D eigenvalue weighted by Gasteiger charge is -2.16. The van der Waals surface area contributed by atoms with Crippen LogP contribution in [0.4, 0.5) is 5.82 Å². The van der Waals surface area contributed by atoms with Crippen LogP contribution in [0.5, 0.6) is 5.88 Å². The van der Waals surface area contributed by atoms with Crippen molar-refractivity contribution in [1.82, 2.24) is 29.5 Å². The van der Waals surface area contributed by atoms with E-state index >= 15 is 0 Å². The number of aromatic amines is 1. The lowest BCUT2D eigenvalue weighted by molar-refractivity contribution is 0.102. The predicted molar refractivity (Wildman–Crippen MR) is 115 cm³/mol. The molecule has 0 aromatic carbocycles. The second-order valence-corrected chi connectivity index (χ2v) is 8.78. The lowest BCUT2D eigenvalue weighted by Crippen LogP contribution is -2.25. The van der Waals surface area contributed by atoms with E-state index in [4.69, 9.17) is 4.74 Å². The fourth-order valence-corrected chi connectivity index (χ4v) is 3.65. The summed E-state index contributed by atoms with van der Waals surface area (Å²) in [5.74, 6) is 0.517. The number of nitrogens with zero attached hydrogens (tertiary/aromatic N) is 5. The van der Waals surface area contributed by atoms with Gasteiger partial charge in [0.25, 0.3) is 11.5 Å². The molecule has 1 amide bonds. The number of fused-ring (bicyclic) bond motifs is 1. The van der Waals surface area contributed by atoms with Crippen LogP contribution < -0.4 is 15.6 Å². The minimum Gasteiger partial charge on any atom is -0.479 e. The second-order valence-electron chi connectivity index (χ2n) is 8.78. The van der Waals surface area contributed by atoms with Gasteiger partial charge in [0.05, 0.1) is 18.5 Å². The molecule has 0 atom stereocenters. The van der Waals surface area contributed by atoms with Crippen molar-refractivity contribution in [3.63, 3.8) is 0 Å².